The molecule has 0 radical (unpaired) electrons. The molecule has 298 valence electrons. The number of nitrogens with one attached hydrogen (secondary N) is 1. The lowest BCUT2D eigenvalue weighted by Crippen LogP contribution is -2.68. The van der Waals surface area contributed by atoms with Gasteiger partial charge in [-0.1, -0.05) is 130 Å². The number of methoxy groups -OCH3 is 1. The minimum Gasteiger partial charge on any atom is -0.462 e. The third-order valence-electron chi connectivity index (χ3n) is 9.48. The number of urea groups is 1. The first-order chi connectivity index (χ1) is 25.9. The van der Waals surface area contributed by atoms with Gasteiger partial charge in [-0.3, -0.25) is 19.3 Å². The standard InChI is InChI=1S/C42H62N4O8/c1-7-9-10-11-12-13-14-15-16-17-18-19-20-23-30-53-37(48)32-25-24-26-33(31-32)44-39(50)42(52-6,38(49)41(3,4)5)46-35(47)36(45(29-8-2)40(46)51)54-34-27-21-22-28-43-34/h21-22,24-28,31,36H,7-20,23,29-30H2,1-6H3,(H,44,50). The van der Waals surface area contributed by atoms with Crippen LogP contribution in [0.5, 0.6) is 5.88 Å². The Morgan fingerprint density at radius 2 is 1.41 bits per heavy atom. The summed E-state index contributed by atoms with van der Waals surface area (Å²) in [5.41, 5.74) is -3.64. The molecular formula is C42H62N4O8. The zero-order valence-electron chi connectivity index (χ0n) is 33.3. The van der Waals surface area contributed by atoms with Crippen LogP contribution < -0.4 is 10.1 Å². The number of nitrogens with zero attached hydrogens (tertiary/aromatic N) is 3. The lowest BCUT2D eigenvalue weighted by atomic mass is 9.83. The number of carbonyl (C=O) groups excluding carboxylic acids is 5. The van der Waals surface area contributed by atoms with Gasteiger partial charge in [0, 0.05) is 37.0 Å². The first-order valence-corrected chi connectivity index (χ1v) is 19.8. The van der Waals surface area contributed by atoms with E-state index in [-0.39, 0.29) is 30.3 Å². The summed E-state index contributed by atoms with van der Waals surface area (Å²) in [6, 6.07) is 9.98. The van der Waals surface area contributed by atoms with Crippen LogP contribution in [0.2, 0.25) is 0 Å². The Balaban J connectivity index is 1.62. The normalized spacial score (nSPS) is 15.6. The maximum absolute atomic E-state index is 14.3. The number of carbonyl (C=O) groups is 5. The molecule has 2 atom stereocenters. The van der Waals surface area contributed by atoms with Crippen LogP contribution in [0.25, 0.3) is 0 Å². The molecule has 1 N–H and O–H groups in total. The number of unbranched alkanes of at least 4 members (excludes halogenated alkanes) is 13. The summed E-state index contributed by atoms with van der Waals surface area (Å²) in [7, 11) is 1.09. The van der Waals surface area contributed by atoms with Crippen molar-refractivity contribution >= 4 is 35.3 Å². The number of hydrogen-bond donors (Lipinski definition) is 1. The third kappa shape index (κ3) is 12.1. The second-order valence-corrected chi connectivity index (χ2v) is 15.0. The molecule has 2 unspecified atom stereocenters. The predicted molar refractivity (Wildman–Crippen MR) is 208 cm³/mol. The first-order valence-electron chi connectivity index (χ1n) is 19.8. The Kier molecular flexibility index (Phi) is 18.1. The van der Waals surface area contributed by atoms with Crippen molar-refractivity contribution < 1.29 is 38.2 Å². The van der Waals surface area contributed by atoms with E-state index in [2.05, 4.69) is 17.2 Å². The van der Waals surface area contributed by atoms with Crippen molar-refractivity contribution in [3.05, 3.63) is 54.2 Å². The molecule has 1 aliphatic rings. The average molecular weight is 751 g/mol. The number of Topliss-reactive ketones (excluding diaryl/α,β-unsaturated/α-hetero) is 1. The summed E-state index contributed by atoms with van der Waals surface area (Å²) in [6.45, 7) is 9.09. The first kappa shape index (κ1) is 44.1. The van der Waals surface area contributed by atoms with Gasteiger partial charge in [0.1, 0.15) is 0 Å². The molecule has 1 saturated heterocycles. The topological polar surface area (TPSA) is 144 Å². The van der Waals surface area contributed by atoms with Crippen LogP contribution in [-0.4, -0.2) is 76.6 Å². The van der Waals surface area contributed by atoms with E-state index >= 15 is 0 Å². The number of esters is 1. The van der Waals surface area contributed by atoms with Crippen LogP contribution in [-0.2, 0) is 23.9 Å². The Morgan fingerprint density at radius 1 is 0.796 bits per heavy atom. The molecule has 1 aromatic heterocycles. The number of amides is 4. The fourth-order valence-electron chi connectivity index (χ4n) is 6.53. The van der Waals surface area contributed by atoms with Gasteiger partial charge in [0.05, 0.1) is 12.2 Å². The summed E-state index contributed by atoms with van der Waals surface area (Å²) in [6.07, 6.45) is 17.6. The van der Waals surface area contributed by atoms with Crippen molar-refractivity contribution in [2.24, 2.45) is 5.41 Å². The molecule has 0 bridgehead atoms. The Hall–Kier alpha value is -4.32. The van der Waals surface area contributed by atoms with Crippen LogP contribution in [0.4, 0.5) is 10.5 Å². The molecule has 1 aliphatic heterocycles. The molecule has 54 heavy (non-hydrogen) atoms. The molecule has 4 amide bonds. The molecule has 0 saturated carbocycles. The monoisotopic (exact) mass is 750 g/mol. The highest BCUT2D eigenvalue weighted by Gasteiger charge is 2.65. The second kappa shape index (κ2) is 22.2. The SMILES string of the molecule is CCCCCCCCCCCCCCCCOC(=O)c1cccc(NC(=O)C(OC)(C(=O)C(C)(C)C)N2C(=O)C(Oc3ccccn3)N(CCC)C2=O)c1. The fraction of sp³-hybridized carbons (Fsp3) is 0.619. The number of ether oxygens (including phenoxy) is 3. The van der Waals surface area contributed by atoms with Gasteiger partial charge in [-0.05, 0) is 37.1 Å². The number of aromatic nitrogens is 1. The lowest BCUT2D eigenvalue weighted by Gasteiger charge is -2.39. The number of rotatable bonds is 25. The second-order valence-electron chi connectivity index (χ2n) is 15.0. The molecule has 1 aromatic carbocycles. The Morgan fingerprint density at radius 3 is 1.94 bits per heavy atom. The van der Waals surface area contributed by atoms with E-state index in [1.165, 1.54) is 95.0 Å². The van der Waals surface area contributed by atoms with Crippen molar-refractivity contribution in [3.63, 3.8) is 0 Å². The molecular weight excluding hydrogens is 688 g/mol. The Labute approximate surface area is 321 Å². The Bertz CT molecular complexity index is 1510. The molecule has 2 heterocycles. The highest BCUT2D eigenvalue weighted by atomic mass is 16.5. The molecule has 3 rings (SSSR count). The van der Waals surface area contributed by atoms with Crippen molar-refractivity contribution in [1.82, 2.24) is 14.8 Å². The molecule has 12 heteroatoms. The summed E-state index contributed by atoms with van der Waals surface area (Å²) in [4.78, 5) is 75.2. The minimum atomic E-state index is -2.72. The number of imide groups is 1. The van der Waals surface area contributed by atoms with Crippen molar-refractivity contribution in [2.45, 2.75) is 143 Å². The van der Waals surface area contributed by atoms with Gasteiger partial charge in [-0.25, -0.2) is 19.5 Å². The summed E-state index contributed by atoms with van der Waals surface area (Å²) < 4.78 is 17.0. The van der Waals surface area contributed by atoms with E-state index in [1.54, 1.807) is 45.0 Å². The van der Waals surface area contributed by atoms with Crippen molar-refractivity contribution in [3.8, 4) is 5.88 Å². The predicted octanol–water partition coefficient (Wildman–Crippen LogP) is 8.70. The van der Waals surface area contributed by atoms with Gasteiger partial charge in [0.2, 0.25) is 11.7 Å². The lowest BCUT2D eigenvalue weighted by molar-refractivity contribution is -0.181. The number of pyridine rings is 1. The molecule has 2 aromatic rings. The van der Waals surface area contributed by atoms with Crippen molar-refractivity contribution in [1.29, 1.82) is 0 Å². The summed E-state index contributed by atoms with van der Waals surface area (Å²) >= 11 is 0. The van der Waals surface area contributed by atoms with Gasteiger partial charge < -0.3 is 19.5 Å². The summed E-state index contributed by atoms with van der Waals surface area (Å²) in [5, 5.41) is 2.62. The van der Waals surface area contributed by atoms with Crippen LogP contribution in [0.15, 0.2) is 48.7 Å². The fourth-order valence-corrected chi connectivity index (χ4v) is 6.53. The van der Waals surface area contributed by atoms with E-state index in [1.807, 2.05) is 6.92 Å². The maximum Gasteiger partial charge on any atom is 0.338 e. The van der Waals surface area contributed by atoms with E-state index in [0.29, 0.717) is 11.3 Å². The largest absolute Gasteiger partial charge is 0.462 e. The van der Waals surface area contributed by atoms with Gasteiger partial charge in [-0.15, -0.1) is 0 Å². The smallest absolute Gasteiger partial charge is 0.338 e. The van der Waals surface area contributed by atoms with Crippen LogP contribution >= 0.6 is 0 Å². The van der Waals surface area contributed by atoms with E-state index in [0.717, 1.165) is 31.3 Å². The zero-order chi connectivity index (χ0) is 39.6. The quantitative estimate of drug-likeness (QED) is 0.0456. The average Bonchev–Trinajstić information content (AvgIpc) is 3.38. The maximum atomic E-state index is 14.3. The minimum absolute atomic E-state index is 0.0780. The molecule has 0 spiro atoms. The number of ketones is 1. The van der Waals surface area contributed by atoms with Crippen LogP contribution in [0.1, 0.15) is 141 Å². The number of benzene rings is 1. The zero-order valence-corrected chi connectivity index (χ0v) is 33.3. The highest BCUT2D eigenvalue weighted by molar-refractivity contribution is 6.22. The highest BCUT2D eigenvalue weighted by Crippen LogP contribution is 2.36. The molecule has 0 aliphatic carbocycles. The molecule has 12 nitrogen and oxygen atoms in total. The van der Waals surface area contributed by atoms with Crippen LogP contribution in [0.3, 0.4) is 0 Å². The number of hydrogen-bond acceptors (Lipinski definition) is 9. The molecule has 1 fully saturated rings. The third-order valence-corrected chi connectivity index (χ3v) is 9.48. The number of anilines is 1. The van der Waals surface area contributed by atoms with Gasteiger partial charge in [-0.2, -0.15) is 0 Å². The van der Waals surface area contributed by atoms with E-state index in [9.17, 15) is 24.0 Å². The summed E-state index contributed by atoms with van der Waals surface area (Å²) in [5.74, 6) is -3.37. The van der Waals surface area contributed by atoms with Crippen LogP contribution in [0, 0.1) is 5.41 Å². The van der Waals surface area contributed by atoms with E-state index in [4.69, 9.17) is 14.2 Å². The van der Waals surface area contributed by atoms with Gasteiger partial charge in [0.25, 0.3) is 23.8 Å². The van der Waals surface area contributed by atoms with E-state index < -0.39 is 47.0 Å². The van der Waals surface area contributed by atoms with Gasteiger partial charge in [0.15, 0.2) is 0 Å². The van der Waals surface area contributed by atoms with Gasteiger partial charge >= 0.3 is 12.0 Å². The van der Waals surface area contributed by atoms with Crippen molar-refractivity contribution in [2.75, 3.05) is 25.6 Å².